The van der Waals surface area contributed by atoms with Crippen molar-refractivity contribution < 1.29 is 9.53 Å². The lowest BCUT2D eigenvalue weighted by Crippen LogP contribution is -2.20. The number of nitrogens with zero attached hydrogens (tertiary/aromatic N) is 1. The van der Waals surface area contributed by atoms with E-state index in [2.05, 4.69) is 5.32 Å². The maximum Gasteiger partial charge on any atom is 0.244 e. The number of hydrogen-bond acceptors (Lipinski definition) is 3. The van der Waals surface area contributed by atoms with Crippen LogP contribution in [-0.4, -0.2) is 10.5 Å². The standard InChI is InChI=1S/C24H20N2O3/c1-17-7-12-22-21(15-17)23(27)13-14-26(22)16-24(28)25-18-8-10-20(11-9-18)29-19-5-3-2-4-6-19/h2-15H,16H2,1H3,(H,25,28). The molecule has 5 heteroatoms. The number of aryl methyl sites for hydroxylation is 1. The van der Waals surface area contributed by atoms with Gasteiger partial charge in [-0.05, 0) is 55.5 Å². The molecule has 0 saturated carbocycles. The van der Waals surface area contributed by atoms with E-state index >= 15 is 0 Å². The smallest absolute Gasteiger partial charge is 0.244 e. The van der Waals surface area contributed by atoms with E-state index in [-0.39, 0.29) is 17.9 Å². The first kappa shape index (κ1) is 18.5. The number of para-hydroxylation sites is 1. The summed E-state index contributed by atoms with van der Waals surface area (Å²) in [6, 6.07) is 23.8. The van der Waals surface area contributed by atoms with Crippen LogP contribution in [0.15, 0.2) is 89.9 Å². The number of amides is 1. The van der Waals surface area contributed by atoms with Gasteiger partial charge in [0.05, 0.1) is 5.52 Å². The van der Waals surface area contributed by atoms with Crippen LogP contribution in [0.25, 0.3) is 10.9 Å². The minimum absolute atomic E-state index is 0.0469. The molecule has 0 spiro atoms. The molecule has 0 atom stereocenters. The Morgan fingerprint density at radius 2 is 1.66 bits per heavy atom. The molecule has 0 radical (unpaired) electrons. The van der Waals surface area contributed by atoms with Crippen LogP contribution in [0, 0.1) is 6.92 Å². The number of hydrogen-bond donors (Lipinski definition) is 1. The Morgan fingerprint density at radius 3 is 2.41 bits per heavy atom. The predicted octanol–water partition coefficient (Wildman–Crippen LogP) is 4.74. The molecule has 0 bridgehead atoms. The van der Waals surface area contributed by atoms with E-state index in [0.717, 1.165) is 16.8 Å². The van der Waals surface area contributed by atoms with Crippen LogP contribution in [0.5, 0.6) is 11.5 Å². The zero-order valence-electron chi connectivity index (χ0n) is 16.0. The molecule has 1 aromatic heterocycles. The van der Waals surface area contributed by atoms with Crippen molar-refractivity contribution in [2.75, 3.05) is 5.32 Å². The largest absolute Gasteiger partial charge is 0.457 e. The summed E-state index contributed by atoms with van der Waals surface area (Å²) in [5.74, 6) is 1.27. The van der Waals surface area contributed by atoms with Crippen LogP contribution in [0.1, 0.15) is 5.56 Å². The molecule has 4 aromatic rings. The lowest BCUT2D eigenvalue weighted by atomic mass is 10.1. The van der Waals surface area contributed by atoms with Crippen LogP contribution in [-0.2, 0) is 11.3 Å². The highest BCUT2D eigenvalue weighted by Gasteiger charge is 2.08. The molecule has 1 heterocycles. The van der Waals surface area contributed by atoms with Gasteiger partial charge in [-0.25, -0.2) is 0 Å². The summed E-state index contributed by atoms with van der Waals surface area (Å²) < 4.78 is 7.53. The quantitative estimate of drug-likeness (QED) is 0.541. The highest BCUT2D eigenvalue weighted by molar-refractivity contribution is 5.91. The normalized spacial score (nSPS) is 10.7. The molecule has 3 aromatic carbocycles. The minimum Gasteiger partial charge on any atom is -0.457 e. The summed E-state index contributed by atoms with van der Waals surface area (Å²) in [5.41, 5.74) is 2.38. The molecule has 0 aliphatic heterocycles. The van der Waals surface area contributed by atoms with Gasteiger partial charge in [0, 0.05) is 23.3 Å². The predicted molar refractivity (Wildman–Crippen MR) is 115 cm³/mol. The number of ether oxygens (including phenoxy) is 1. The van der Waals surface area contributed by atoms with Crippen molar-refractivity contribution in [3.63, 3.8) is 0 Å². The molecule has 0 saturated heterocycles. The van der Waals surface area contributed by atoms with Gasteiger partial charge < -0.3 is 14.6 Å². The van der Waals surface area contributed by atoms with Gasteiger partial charge in [-0.15, -0.1) is 0 Å². The van der Waals surface area contributed by atoms with E-state index in [4.69, 9.17) is 4.74 Å². The molecule has 0 fully saturated rings. The van der Waals surface area contributed by atoms with Gasteiger partial charge in [0.15, 0.2) is 5.43 Å². The second kappa shape index (κ2) is 8.02. The molecular formula is C24H20N2O3. The fourth-order valence-corrected chi connectivity index (χ4v) is 3.15. The maximum atomic E-state index is 12.5. The second-order valence-corrected chi connectivity index (χ2v) is 6.82. The fraction of sp³-hybridized carbons (Fsp3) is 0.0833. The number of pyridine rings is 1. The van der Waals surface area contributed by atoms with Gasteiger partial charge in [0.2, 0.25) is 5.91 Å². The molecular weight excluding hydrogens is 364 g/mol. The van der Waals surface area contributed by atoms with Crippen molar-refractivity contribution in [1.29, 1.82) is 0 Å². The average molecular weight is 384 g/mol. The van der Waals surface area contributed by atoms with Gasteiger partial charge in [0.1, 0.15) is 18.0 Å². The van der Waals surface area contributed by atoms with Gasteiger partial charge in [0.25, 0.3) is 0 Å². The molecule has 1 N–H and O–H groups in total. The lowest BCUT2D eigenvalue weighted by molar-refractivity contribution is -0.116. The van der Waals surface area contributed by atoms with Crippen molar-refractivity contribution in [1.82, 2.24) is 4.57 Å². The monoisotopic (exact) mass is 384 g/mol. The van der Waals surface area contributed by atoms with Crippen molar-refractivity contribution in [3.05, 3.63) is 101 Å². The van der Waals surface area contributed by atoms with E-state index in [0.29, 0.717) is 16.8 Å². The Hall–Kier alpha value is -3.86. The Kier molecular flexibility index (Phi) is 5.12. The molecule has 5 nitrogen and oxygen atoms in total. The highest BCUT2D eigenvalue weighted by Crippen LogP contribution is 2.22. The number of rotatable bonds is 5. The van der Waals surface area contributed by atoms with Crippen LogP contribution < -0.4 is 15.5 Å². The van der Waals surface area contributed by atoms with Crippen molar-refractivity contribution in [2.45, 2.75) is 13.5 Å². The molecule has 4 rings (SSSR count). The van der Waals surface area contributed by atoms with Gasteiger partial charge in [-0.2, -0.15) is 0 Å². The first-order valence-corrected chi connectivity index (χ1v) is 9.31. The van der Waals surface area contributed by atoms with E-state index < -0.39 is 0 Å². The number of nitrogens with one attached hydrogen (secondary N) is 1. The van der Waals surface area contributed by atoms with E-state index in [9.17, 15) is 9.59 Å². The summed E-state index contributed by atoms with van der Waals surface area (Å²) in [6.07, 6.45) is 1.65. The van der Waals surface area contributed by atoms with Crippen molar-refractivity contribution >= 4 is 22.5 Å². The van der Waals surface area contributed by atoms with E-state index in [1.165, 1.54) is 6.07 Å². The summed E-state index contributed by atoms with van der Waals surface area (Å²) in [7, 11) is 0. The van der Waals surface area contributed by atoms with Gasteiger partial charge in [-0.3, -0.25) is 9.59 Å². The van der Waals surface area contributed by atoms with Gasteiger partial charge >= 0.3 is 0 Å². The molecule has 0 aliphatic rings. The summed E-state index contributed by atoms with van der Waals surface area (Å²) >= 11 is 0. The number of aromatic nitrogens is 1. The topological polar surface area (TPSA) is 60.3 Å². The maximum absolute atomic E-state index is 12.5. The molecule has 0 unspecified atom stereocenters. The van der Waals surface area contributed by atoms with E-state index in [1.54, 1.807) is 35.0 Å². The van der Waals surface area contributed by atoms with Crippen molar-refractivity contribution in [3.8, 4) is 11.5 Å². The SMILES string of the molecule is Cc1ccc2c(c1)c(=O)ccn2CC(=O)Nc1ccc(Oc2ccccc2)cc1. The summed E-state index contributed by atoms with van der Waals surface area (Å²) in [6.45, 7) is 2.05. The number of anilines is 1. The number of benzene rings is 3. The van der Waals surface area contributed by atoms with Crippen LogP contribution in [0.2, 0.25) is 0 Å². The third kappa shape index (κ3) is 4.35. The summed E-state index contributed by atoms with van der Waals surface area (Å²) in [4.78, 5) is 24.6. The average Bonchev–Trinajstić information content (AvgIpc) is 2.72. The van der Waals surface area contributed by atoms with Crippen molar-refractivity contribution in [2.24, 2.45) is 0 Å². The molecule has 144 valence electrons. The molecule has 0 aliphatic carbocycles. The zero-order chi connectivity index (χ0) is 20.2. The Bertz CT molecular complexity index is 1210. The Morgan fingerprint density at radius 1 is 0.931 bits per heavy atom. The first-order valence-electron chi connectivity index (χ1n) is 9.31. The third-order valence-corrected chi connectivity index (χ3v) is 4.56. The van der Waals surface area contributed by atoms with Crippen LogP contribution in [0.4, 0.5) is 5.69 Å². The first-order chi connectivity index (χ1) is 14.1. The fourth-order valence-electron chi connectivity index (χ4n) is 3.15. The molecule has 29 heavy (non-hydrogen) atoms. The second-order valence-electron chi connectivity index (χ2n) is 6.82. The minimum atomic E-state index is -0.174. The highest BCUT2D eigenvalue weighted by atomic mass is 16.5. The number of fused-ring (bicyclic) bond motifs is 1. The van der Waals surface area contributed by atoms with Gasteiger partial charge in [-0.1, -0.05) is 29.8 Å². The van der Waals surface area contributed by atoms with E-state index in [1.807, 2.05) is 55.5 Å². The number of carbonyl (C=O) groups excluding carboxylic acids is 1. The zero-order valence-corrected chi connectivity index (χ0v) is 16.0. The Balaban J connectivity index is 1.46. The molecule has 1 amide bonds. The number of carbonyl (C=O) groups is 1. The Labute approximate surface area is 168 Å². The summed E-state index contributed by atoms with van der Waals surface area (Å²) in [5, 5.41) is 3.49. The van der Waals surface area contributed by atoms with Crippen LogP contribution in [0.3, 0.4) is 0 Å². The third-order valence-electron chi connectivity index (χ3n) is 4.56. The van der Waals surface area contributed by atoms with Crippen LogP contribution >= 0.6 is 0 Å². The lowest BCUT2D eigenvalue weighted by Gasteiger charge is -2.12.